The molecule has 134 valence electrons. The molecule has 1 heterocycles. The molecule has 0 unspecified atom stereocenters. The second-order valence-corrected chi connectivity index (χ2v) is 5.65. The normalized spacial score (nSPS) is 11.8. The molecule has 0 aliphatic heterocycles. The largest absolute Gasteiger partial charge is 0.468 e. The van der Waals surface area contributed by atoms with Gasteiger partial charge in [0.2, 0.25) is 5.91 Å². The molecule has 0 aliphatic carbocycles. The highest BCUT2D eigenvalue weighted by Crippen LogP contribution is 2.14. The van der Waals surface area contributed by atoms with Crippen LogP contribution in [0.3, 0.4) is 0 Å². The van der Waals surface area contributed by atoms with Crippen molar-refractivity contribution in [2.45, 2.75) is 25.8 Å². The number of anilines is 1. The van der Waals surface area contributed by atoms with E-state index < -0.39 is 12.0 Å². The molecule has 25 heavy (non-hydrogen) atoms. The van der Waals surface area contributed by atoms with Gasteiger partial charge >= 0.3 is 5.97 Å². The molecule has 0 spiro atoms. The fourth-order valence-corrected chi connectivity index (χ4v) is 2.47. The smallest absolute Gasteiger partial charge is 0.322 e. The fraction of sp³-hybridized carbons (Fsp3) is 0.353. The van der Waals surface area contributed by atoms with Crippen LogP contribution in [0, 0.1) is 6.92 Å². The number of hydrogen-bond donors (Lipinski definition) is 2. The van der Waals surface area contributed by atoms with E-state index in [-0.39, 0.29) is 30.0 Å². The molecule has 0 fully saturated rings. The van der Waals surface area contributed by atoms with Gasteiger partial charge < -0.3 is 15.8 Å². The number of carbonyl (C=O) groups is 2. The number of ether oxygens (including phenoxy) is 1. The van der Waals surface area contributed by atoms with Gasteiger partial charge in [-0.05, 0) is 25.5 Å². The highest BCUT2D eigenvalue weighted by atomic mass is 16.5. The highest BCUT2D eigenvalue weighted by molar-refractivity contribution is 5.91. The standard InChI is InChI=1S/C17H22N4O4/c1-11-15(19-14(22)10-9-13(18)17(24)25-3)16(23)21(20(11)2)12-7-5-4-6-8-12/h4-8,13H,9-10,18H2,1-3H3,(H,19,22)/t13-/m0/s1. The van der Waals surface area contributed by atoms with Crippen LogP contribution < -0.4 is 16.6 Å². The molecule has 2 rings (SSSR count). The van der Waals surface area contributed by atoms with Crippen molar-refractivity contribution in [2.24, 2.45) is 12.8 Å². The van der Waals surface area contributed by atoms with Gasteiger partial charge in [-0.15, -0.1) is 0 Å². The molecule has 8 heteroatoms. The predicted molar refractivity (Wildman–Crippen MR) is 93.6 cm³/mol. The lowest BCUT2D eigenvalue weighted by atomic mass is 10.1. The minimum Gasteiger partial charge on any atom is -0.468 e. The molecular formula is C17H22N4O4. The second-order valence-electron chi connectivity index (χ2n) is 5.65. The first kappa shape index (κ1) is 18.5. The van der Waals surface area contributed by atoms with E-state index in [1.807, 2.05) is 30.3 Å². The molecule has 1 aromatic carbocycles. The number of aromatic nitrogens is 2. The minimum absolute atomic E-state index is 0.00930. The first-order valence-corrected chi connectivity index (χ1v) is 7.84. The van der Waals surface area contributed by atoms with Crippen LogP contribution in [0.15, 0.2) is 35.1 Å². The maximum atomic E-state index is 12.7. The van der Waals surface area contributed by atoms with Crippen LogP contribution in [-0.2, 0) is 21.4 Å². The summed E-state index contributed by atoms with van der Waals surface area (Å²) in [6.45, 7) is 1.75. The molecule has 1 aromatic heterocycles. The lowest BCUT2D eigenvalue weighted by Crippen LogP contribution is -2.32. The van der Waals surface area contributed by atoms with Crippen LogP contribution in [0.4, 0.5) is 5.69 Å². The first-order chi connectivity index (χ1) is 11.9. The van der Waals surface area contributed by atoms with Crippen molar-refractivity contribution in [3.8, 4) is 5.69 Å². The Bertz CT molecular complexity index is 823. The molecule has 1 atom stereocenters. The van der Waals surface area contributed by atoms with E-state index in [4.69, 9.17) is 5.73 Å². The monoisotopic (exact) mass is 346 g/mol. The van der Waals surface area contributed by atoms with Crippen LogP contribution in [0.2, 0.25) is 0 Å². The third kappa shape index (κ3) is 3.97. The number of amides is 1. The summed E-state index contributed by atoms with van der Waals surface area (Å²) in [4.78, 5) is 36.0. The Kier molecular flexibility index (Phi) is 5.76. The van der Waals surface area contributed by atoms with Crippen LogP contribution in [-0.4, -0.2) is 34.4 Å². The molecule has 0 radical (unpaired) electrons. The van der Waals surface area contributed by atoms with Crippen LogP contribution in [0.25, 0.3) is 5.69 Å². The first-order valence-electron chi connectivity index (χ1n) is 7.84. The highest BCUT2D eigenvalue weighted by Gasteiger charge is 2.20. The maximum Gasteiger partial charge on any atom is 0.322 e. The SMILES string of the molecule is COC(=O)[C@@H](N)CCC(=O)Nc1c(C)n(C)n(-c2ccccc2)c1=O. The Morgan fingerprint density at radius 1 is 1.28 bits per heavy atom. The second kappa shape index (κ2) is 7.80. The molecule has 0 saturated carbocycles. The third-order valence-corrected chi connectivity index (χ3v) is 4.00. The quantitative estimate of drug-likeness (QED) is 0.749. The Balaban J connectivity index is 2.17. The van der Waals surface area contributed by atoms with Crippen molar-refractivity contribution in [1.29, 1.82) is 0 Å². The van der Waals surface area contributed by atoms with Crippen LogP contribution in [0.5, 0.6) is 0 Å². The molecule has 8 nitrogen and oxygen atoms in total. The summed E-state index contributed by atoms with van der Waals surface area (Å²) in [7, 11) is 2.98. The number of esters is 1. The number of carbonyl (C=O) groups excluding carboxylic acids is 2. The average molecular weight is 346 g/mol. The fourth-order valence-electron chi connectivity index (χ4n) is 2.47. The Morgan fingerprint density at radius 3 is 2.52 bits per heavy atom. The topological polar surface area (TPSA) is 108 Å². The van der Waals surface area contributed by atoms with E-state index >= 15 is 0 Å². The molecule has 2 aromatic rings. The third-order valence-electron chi connectivity index (χ3n) is 4.00. The molecule has 3 N–H and O–H groups in total. The summed E-state index contributed by atoms with van der Waals surface area (Å²) >= 11 is 0. The lowest BCUT2D eigenvalue weighted by molar-refractivity contribution is -0.142. The number of hydrogen-bond acceptors (Lipinski definition) is 5. The van der Waals surface area contributed by atoms with Crippen LogP contribution >= 0.6 is 0 Å². The van der Waals surface area contributed by atoms with Gasteiger partial charge in [0.15, 0.2) is 0 Å². The summed E-state index contributed by atoms with van der Waals surface area (Å²) in [5, 5.41) is 2.62. The van der Waals surface area contributed by atoms with Gasteiger partial charge in [-0.1, -0.05) is 18.2 Å². The van der Waals surface area contributed by atoms with E-state index in [0.29, 0.717) is 11.4 Å². The summed E-state index contributed by atoms with van der Waals surface area (Å²) in [6.07, 6.45) is 0.145. The van der Waals surface area contributed by atoms with Crippen molar-refractivity contribution >= 4 is 17.6 Å². The van der Waals surface area contributed by atoms with Gasteiger partial charge in [-0.2, -0.15) is 0 Å². The number of benzene rings is 1. The predicted octanol–water partition coefficient (Wildman–Crippen LogP) is 0.703. The molecular weight excluding hydrogens is 324 g/mol. The van der Waals surface area contributed by atoms with Crippen LogP contribution in [0.1, 0.15) is 18.5 Å². The number of nitrogens with one attached hydrogen (secondary N) is 1. The van der Waals surface area contributed by atoms with E-state index in [2.05, 4.69) is 10.1 Å². The molecule has 0 saturated heterocycles. The Morgan fingerprint density at radius 2 is 1.92 bits per heavy atom. The number of methoxy groups -OCH3 is 1. The average Bonchev–Trinajstić information content (AvgIpc) is 2.83. The van der Waals surface area contributed by atoms with Gasteiger partial charge in [0.1, 0.15) is 11.7 Å². The zero-order chi connectivity index (χ0) is 18.6. The van der Waals surface area contributed by atoms with Gasteiger partial charge in [-0.3, -0.25) is 19.1 Å². The Hall–Kier alpha value is -2.87. The number of rotatable bonds is 6. The van der Waals surface area contributed by atoms with E-state index in [1.54, 1.807) is 18.7 Å². The van der Waals surface area contributed by atoms with E-state index in [1.165, 1.54) is 11.8 Å². The number of para-hydroxylation sites is 1. The summed E-state index contributed by atoms with van der Waals surface area (Å²) < 4.78 is 7.67. The van der Waals surface area contributed by atoms with Gasteiger partial charge in [-0.25, -0.2) is 4.68 Å². The van der Waals surface area contributed by atoms with E-state index in [9.17, 15) is 14.4 Å². The zero-order valence-corrected chi connectivity index (χ0v) is 14.5. The van der Waals surface area contributed by atoms with Gasteiger partial charge in [0.05, 0.1) is 18.5 Å². The molecule has 0 bridgehead atoms. The number of nitrogens with zero attached hydrogens (tertiary/aromatic N) is 2. The maximum absolute atomic E-state index is 12.7. The number of nitrogens with two attached hydrogens (primary N) is 1. The summed E-state index contributed by atoms with van der Waals surface area (Å²) in [5.74, 6) is -0.958. The van der Waals surface area contributed by atoms with Gasteiger partial charge in [0, 0.05) is 13.5 Å². The van der Waals surface area contributed by atoms with Crippen molar-refractivity contribution in [1.82, 2.24) is 9.36 Å². The van der Waals surface area contributed by atoms with Gasteiger partial charge in [0.25, 0.3) is 5.56 Å². The van der Waals surface area contributed by atoms with Crippen molar-refractivity contribution < 1.29 is 14.3 Å². The minimum atomic E-state index is -0.867. The summed E-state index contributed by atoms with van der Waals surface area (Å²) in [6, 6.07) is 8.27. The molecule has 1 amide bonds. The Labute approximate surface area is 145 Å². The zero-order valence-electron chi connectivity index (χ0n) is 14.5. The van der Waals surface area contributed by atoms with Crippen molar-refractivity contribution in [2.75, 3.05) is 12.4 Å². The molecule has 0 aliphatic rings. The van der Waals surface area contributed by atoms with Crippen molar-refractivity contribution in [3.05, 3.63) is 46.4 Å². The van der Waals surface area contributed by atoms with Crippen molar-refractivity contribution in [3.63, 3.8) is 0 Å². The summed E-state index contributed by atoms with van der Waals surface area (Å²) in [5.41, 5.74) is 6.82. The lowest BCUT2D eigenvalue weighted by Gasteiger charge is -2.08. The van der Waals surface area contributed by atoms with E-state index in [0.717, 1.165) is 0 Å².